The molecule has 0 aliphatic heterocycles. The predicted octanol–water partition coefficient (Wildman–Crippen LogP) is 3.05. The number of nitrogens with zero attached hydrogens (tertiary/aromatic N) is 1. The van der Waals surface area contributed by atoms with Crippen molar-refractivity contribution in [2.75, 3.05) is 10.5 Å². The molecule has 0 aromatic heterocycles. The fourth-order valence-corrected chi connectivity index (χ4v) is 3.43. The van der Waals surface area contributed by atoms with Crippen molar-refractivity contribution in [3.8, 4) is 0 Å². The molecule has 116 valence electrons. The molecular weight excluding hydrogens is 374 g/mol. The molecule has 22 heavy (non-hydrogen) atoms. The van der Waals surface area contributed by atoms with Crippen LogP contribution in [-0.2, 0) is 10.0 Å². The van der Waals surface area contributed by atoms with Gasteiger partial charge in [-0.25, -0.2) is 8.42 Å². The molecule has 2 aromatic carbocycles. The van der Waals surface area contributed by atoms with E-state index >= 15 is 0 Å². The summed E-state index contributed by atoms with van der Waals surface area (Å²) in [7, 11) is -3.89. The molecule has 0 aliphatic carbocycles. The Kier molecular flexibility index (Phi) is 4.38. The van der Waals surface area contributed by atoms with Crippen LogP contribution in [-0.4, -0.2) is 13.3 Å². The van der Waals surface area contributed by atoms with Crippen molar-refractivity contribution in [1.29, 1.82) is 0 Å². The van der Waals surface area contributed by atoms with E-state index in [1.807, 2.05) is 0 Å². The third kappa shape index (κ3) is 3.37. The van der Waals surface area contributed by atoms with E-state index in [4.69, 9.17) is 5.73 Å². The van der Waals surface area contributed by atoms with E-state index in [0.717, 1.165) is 17.7 Å². The molecule has 0 heterocycles. The minimum Gasteiger partial charge on any atom is -0.397 e. The van der Waals surface area contributed by atoms with Gasteiger partial charge in [0.1, 0.15) is 0 Å². The first-order chi connectivity index (χ1) is 10.2. The number of non-ortho nitro benzene ring substituents is 1. The number of sulfonamides is 1. The second kappa shape index (κ2) is 5.93. The average molecular weight is 386 g/mol. The van der Waals surface area contributed by atoms with E-state index in [2.05, 4.69) is 20.7 Å². The van der Waals surface area contributed by atoms with E-state index in [1.165, 1.54) is 12.1 Å². The Morgan fingerprint density at radius 3 is 2.36 bits per heavy atom. The summed E-state index contributed by atoms with van der Waals surface area (Å²) in [5, 5.41) is 10.6. The lowest BCUT2D eigenvalue weighted by Crippen LogP contribution is -2.14. The maximum Gasteiger partial charge on any atom is 0.269 e. The maximum absolute atomic E-state index is 12.3. The monoisotopic (exact) mass is 385 g/mol. The normalized spacial score (nSPS) is 11.2. The zero-order valence-electron chi connectivity index (χ0n) is 11.4. The van der Waals surface area contributed by atoms with Gasteiger partial charge in [0.05, 0.1) is 21.2 Å². The van der Waals surface area contributed by atoms with Gasteiger partial charge in [0.2, 0.25) is 0 Å². The van der Waals surface area contributed by atoms with E-state index < -0.39 is 14.9 Å². The first-order valence-corrected chi connectivity index (χ1v) is 8.31. The van der Waals surface area contributed by atoms with Crippen molar-refractivity contribution in [1.82, 2.24) is 0 Å². The van der Waals surface area contributed by atoms with Gasteiger partial charge in [-0.2, -0.15) is 0 Å². The van der Waals surface area contributed by atoms with Crippen LogP contribution < -0.4 is 10.5 Å². The van der Waals surface area contributed by atoms with Crippen molar-refractivity contribution in [3.05, 3.63) is 56.5 Å². The van der Waals surface area contributed by atoms with Gasteiger partial charge in [-0.05, 0) is 36.8 Å². The number of rotatable bonds is 4. The fraction of sp³-hybridized carbons (Fsp3) is 0.0769. The van der Waals surface area contributed by atoms with Crippen LogP contribution in [0.3, 0.4) is 0 Å². The van der Waals surface area contributed by atoms with Crippen LogP contribution in [0.5, 0.6) is 0 Å². The highest BCUT2D eigenvalue weighted by atomic mass is 79.9. The van der Waals surface area contributed by atoms with Crippen LogP contribution in [0.1, 0.15) is 5.56 Å². The van der Waals surface area contributed by atoms with Gasteiger partial charge in [0.25, 0.3) is 15.7 Å². The molecule has 0 fully saturated rings. The highest BCUT2D eigenvalue weighted by Gasteiger charge is 2.18. The number of anilines is 2. The van der Waals surface area contributed by atoms with Crippen molar-refractivity contribution >= 4 is 43.0 Å². The van der Waals surface area contributed by atoms with Crippen LogP contribution in [0.4, 0.5) is 17.1 Å². The summed E-state index contributed by atoms with van der Waals surface area (Å²) >= 11 is 3.27. The molecule has 0 saturated heterocycles. The quantitative estimate of drug-likeness (QED) is 0.476. The molecule has 9 heteroatoms. The van der Waals surface area contributed by atoms with Crippen LogP contribution in [0.2, 0.25) is 0 Å². The molecule has 0 atom stereocenters. The van der Waals surface area contributed by atoms with Gasteiger partial charge in [-0.3, -0.25) is 14.8 Å². The Morgan fingerprint density at radius 2 is 1.82 bits per heavy atom. The Labute approximate surface area is 135 Å². The van der Waals surface area contributed by atoms with Crippen LogP contribution in [0.25, 0.3) is 0 Å². The molecule has 0 spiro atoms. The Hall–Kier alpha value is -2.13. The van der Waals surface area contributed by atoms with Gasteiger partial charge in [0.15, 0.2) is 0 Å². The third-order valence-electron chi connectivity index (χ3n) is 2.95. The molecule has 0 radical (unpaired) electrons. The molecule has 0 unspecified atom stereocenters. The summed E-state index contributed by atoms with van der Waals surface area (Å²) in [5.74, 6) is 0. The molecule has 7 nitrogen and oxygen atoms in total. The van der Waals surface area contributed by atoms with E-state index in [-0.39, 0.29) is 16.3 Å². The average Bonchev–Trinajstić information content (AvgIpc) is 2.44. The SMILES string of the molecule is Cc1cc(Br)cc(NS(=O)(=O)c2ccc([N+](=O)[O-])cc2)c1N. The maximum atomic E-state index is 12.3. The van der Waals surface area contributed by atoms with Gasteiger partial charge >= 0.3 is 0 Å². The zero-order valence-corrected chi connectivity index (χ0v) is 13.8. The Balaban J connectivity index is 2.38. The highest BCUT2D eigenvalue weighted by molar-refractivity contribution is 9.10. The molecule has 3 N–H and O–H groups in total. The second-order valence-corrected chi connectivity index (χ2v) is 7.14. The van der Waals surface area contributed by atoms with Gasteiger partial charge in [-0.1, -0.05) is 15.9 Å². The molecule has 2 aromatic rings. The summed E-state index contributed by atoms with van der Waals surface area (Å²) in [5.41, 5.74) is 6.95. The van der Waals surface area contributed by atoms with Crippen LogP contribution in [0.15, 0.2) is 45.8 Å². The standard InChI is InChI=1S/C13H12BrN3O4S/c1-8-6-9(14)7-12(13(8)15)16-22(20,21)11-4-2-10(3-5-11)17(18)19/h2-7,16H,15H2,1H3. The van der Waals surface area contributed by atoms with Gasteiger partial charge in [0, 0.05) is 16.6 Å². The predicted molar refractivity (Wildman–Crippen MR) is 87.2 cm³/mol. The molecule has 2 rings (SSSR count). The van der Waals surface area contributed by atoms with Gasteiger partial charge in [-0.15, -0.1) is 0 Å². The molecule has 0 aliphatic rings. The number of hydrogen-bond donors (Lipinski definition) is 2. The smallest absolute Gasteiger partial charge is 0.269 e. The summed E-state index contributed by atoms with van der Waals surface area (Å²) < 4.78 is 27.7. The second-order valence-electron chi connectivity index (χ2n) is 4.54. The number of nitro benzene ring substituents is 1. The summed E-state index contributed by atoms with van der Waals surface area (Å²) in [6.07, 6.45) is 0. The zero-order chi connectivity index (χ0) is 16.5. The lowest BCUT2D eigenvalue weighted by atomic mass is 10.2. The summed E-state index contributed by atoms with van der Waals surface area (Å²) in [4.78, 5) is 9.91. The number of nitrogens with two attached hydrogens (primary N) is 1. The van der Waals surface area contributed by atoms with Crippen molar-refractivity contribution in [2.24, 2.45) is 0 Å². The van der Waals surface area contributed by atoms with Crippen LogP contribution >= 0.6 is 15.9 Å². The minimum absolute atomic E-state index is 0.0878. The number of hydrogen-bond acceptors (Lipinski definition) is 5. The number of nitrogen functional groups attached to an aromatic ring is 1. The summed E-state index contributed by atoms with van der Waals surface area (Å²) in [6.45, 7) is 1.75. The summed E-state index contributed by atoms with van der Waals surface area (Å²) in [6, 6.07) is 7.90. The fourth-order valence-electron chi connectivity index (χ4n) is 1.79. The number of aryl methyl sites for hydroxylation is 1. The van der Waals surface area contributed by atoms with E-state index in [0.29, 0.717) is 10.2 Å². The minimum atomic E-state index is -3.89. The molecule has 0 bridgehead atoms. The molecular formula is C13H12BrN3O4S. The third-order valence-corrected chi connectivity index (χ3v) is 4.79. The van der Waals surface area contributed by atoms with Crippen molar-refractivity contribution < 1.29 is 13.3 Å². The Morgan fingerprint density at radius 1 is 1.23 bits per heavy atom. The first kappa shape index (κ1) is 16.2. The van der Waals surface area contributed by atoms with E-state index in [1.54, 1.807) is 19.1 Å². The number of benzene rings is 2. The molecule has 0 amide bonds. The Bertz CT molecular complexity index is 835. The molecule has 0 saturated carbocycles. The lowest BCUT2D eigenvalue weighted by molar-refractivity contribution is -0.384. The number of halogens is 1. The number of nitro groups is 1. The van der Waals surface area contributed by atoms with Crippen molar-refractivity contribution in [3.63, 3.8) is 0 Å². The first-order valence-electron chi connectivity index (χ1n) is 6.03. The highest BCUT2D eigenvalue weighted by Crippen LogP contribution is 2.29. The number of nitrogens with one attached hydrogen (secondary N) is 1. The lowest BCUT2D eigenvalue weighted by Gasteiger charge is -2.12. The van der Waals surface area contributed by atoms with Gasteiger partial charge < -0.3 is 5.73 Å². The van der Waals surface area contributed by atoms with E-state index in [9.17, 15) is 18.5 Å². The van der Waals surface area contributed by atoms with Crippen LogP contribution in [0, 0.1) is 17.0 Å². The van der Waals surface area contributed by atoms with Crippen molar-refractivity contribution in [2.45, 2.75) is 11.8 Å². The topological polar surface area (TPSA) is 115 Å². The largest absolute Gasteiger partial charge is 0.397 e.